The molecule has 2 unspecified atom stereocenters. The molecule has 0 spiro atoms. The number of aliphatic hydroxyl groups is 2. The fraction of sp³-hybridized carbons (Fsp3) is 0.780. The van der Waals surface area contributed by atoms with Gasteiger partial charge in [0.2, 0.25) is 11.8 Å². The lowest BCUT2D eigenvalue weighted by Gasteiger charge is -2.30. The van der Waals surface area contributed by atoms with Crippen LogP contribution in [0.4, 0.5) is 5.82 Å². The van der Waals surface area contributed by atoms with Crippen LogP contribution in [0.25, 0.3) is 11.2 Å². The minimum atomic E-state index is -5.56. The number of fused-ring (bicyclic) bond motifs is 1. The summed E-state index contributed by atoms with van der Waals surface area (Å²) in [6, 6.07) is 0. The zero-order chi connectivity index (χ0) is 50.9. The normalized spacial score (nSPS) is 21.4. The van der Waals surface area contributed by atoms with Gasteiger partial charge in [0, 0.05) is 36.4 Å². The van der Waals surface area contributed by atoms with E-state index in [0.29, 0.717) is 12.3 Å². The number of thioether (sulfide) groups is 1. The molecule has 3 rings (SSSR count). The van der Waals surface area contributed by atoms with Gasteiger partial charge < -0.3 is 50.9 Å². The van der Waals surface area contributed by atoms with E-state index in [-0.39, 0.29) is 35.9 Å². The number of anilines is 1. The predicted octanol–water partition coefficient (Wildman–Crippen LogP) is 5.52. The van der Waals surface area contributed by atoms with E-state index in [2.05, 4.69) is 75.1 Å². The van der Waals surface area contributed by atoms with Crippen molar-refractivity contribution in [3.8, 4) is 0 Å². The Morgan fingerprint density at radius 2 is 1.56 bits per heavy atom. The second-order valence-corrected chi connectivity index (χ2v) is 23.9. The highest BCUT2D eigenvalue weighted by atomic mass is 32.2. The number of aliphatic hydroxyl groups excluding tert-OH is 2. The number of carbonyl (C=O) groups excluding carboxylic acids is 2. The highest BCUT2D eigenvalue weighted by Gasteiger charge is 2.50. The Morgan fingerprint density at radius 1 is 0.926 bits per heavy atom. The molecule has 0 radical (unpaired) electrons. The SMILES string of the molecule is C/C(=C\CSCCNC(=O)CCNC(=O)[C@H](O)C(C)(C)COP(=O)(O)OP(=O)(O)OC[C@H]1O[C@@H](n2cnc3c(N)ncnc32)[C@H](O)[C@@H]1OP(=O)(O)O)CCC[C@H](C)CCC[C@H](C)CCCC(C)C. The first-order valence-electron chi connectivity index (χ1n) is 22.8. The minimum absolute atomic E-state index is 0.0335. The Balaban J connectivity index is 1.33. The van der Waals surface area contributed by atoms with Crippen molar-refractivity contribution in [2.45, 2.75) is 143 Å². The quantitative estimate of drug-likeness (QED) is 0.0241. The van der Waals surface area contributed by atoms with Gasteiger partial charge in [-0.3, -0.25) is 27.7 Å². The van der Waals surface area contributed by atoms with Crippen LogP contribution >= 0.6 is 35.2 Å². The smallest absolute Gasteiger partial charge is 0.386 e. The van der Waals surface area contributed by atoms with Crippen molar-refractivity contribution >= 4 is 64.0 Å². The molecule has 390 valence electrons. The molecule has 1 fully saturated rings. The van der Waals surface area contributed by atoms with Crippen molar-refractivity contribution in [2.75, 3.05) is 43.5 Å². The summed E-state index contributed by atoms with van der Waals surface area (Å²) in [5.41, 5.74) is 5.70. The van der Waals surface area contributed by atoms with Gasteiger partial charge >= 0.3 is 23.5 Å². The minimum Gasteiger partial charge on any atom is -0.386 e. The van der Waals surface area contributed by atoms with Gasteiger partial charge in [0.05, 0.1) is 19.5 Å². The number of nitrogens with one attached hydrogen (secondary N) is 2. The Bertz CT molecular complexity index is 2080. The number of nitrogens with zero attached hydrogens (tertiary/aromatic N) is 4. The van der Waals surface area contributed by atoms with Crippen LogP contribution in [-0.4, -0.2) is 123 Å². The fourth-order valence-corrected chi connectivity index (χ4v) is 10.9. The molecule has 0 aromatic carbocycles. The van der Waals surface area contributed by atoms with Crippen molar-refractivity contribution < 1.29 is 75.7 Å². The van der Waals surface area contributed by atoms with Gasteiger partial charge in [0.25, 0.3) is 0 Å². The number of nitrogen functional groups attached to an aromatic ring is 1. The molecule has 1 saturated heterocycles. The highest BCUT2D eigenvalue weighted by Crippen LogP contribution is 2.61. The number of ether oxygens (including phenoxy) is 1. The zero-order valence-corrected chi connectivity index (χ0v) is 43.5. The standard InChI is InChI=1S/C41H74N7O16P3S/c1-27(2)11-8-12-28(3)13-9-14-29(4)15-10-16-30(5)18-21-68-22-20-43-32(49)17-19-44-39(52)36(51)41(6,7)24-61-67(58,59)64-66(56,57)60-23-31-35(63-65(53,54)55)34(50)40(62-31)48-26-47-33-37(42)45-25-46-38(33)48/h18,25-29,31,34-36,40,50-51H,8-17,19-24H2,1-7H3,(H,43,49)(H,44,52)(H,56,57)(H,58,59)(H2,42,45,46)(H2,53,54,55)/b30-18+/t28-,29-,31-,34-,35-,36+,40-/m1/s1. The van der Waals surface area contributed by atoms with Crippen LogP contribution in [0.15, 0.2) is 24.3 Å². The predicted molar refractivity (Wildman–Crippen MR) is 255 cm³/mol. The average Bonchev–Trinajstić information content (AvgIpc) is 3.80. The molecule has 23 nitrogen and oxygen atoms in total. The van der Waals surface area contributed by atoms with Gasteiger partial charge in [-0.15, -0.1) is 0 Å². The lowest BCUT2D eigenvalue weighted by atomic mass is 9.87. The number of amides is 2. The fourth-order valence-electron chi connectivity index (χ4n) is 7.30. The first kappa shape index (κ1) is 59.9. The Hall–Kier alpha value is -2.37. The molecule has 2 aromatic rings. The van der Waals surface area contributed by atoms with E-state index in [1.54, 1.807) is 11.8 Å². The third-order valence-electron chi connectivity index (χ3n) is 11.3. The van der Waals surface area contributed by atoms with Crippen LogP contribution in [0, 0.1) is 23.2 Å². The molecule has 1 aliphatic rings. The Labute approximate surface area is 403 Å². The topological polar surface area (TPSA) is 347 Å². The summed E-state index contributed by atoms with van der Waals surface area (Å²) in [4.78, 5) is 76.3. The Morgan fingerprint density at radius 3 is 2.21 bits per heavy atom. The average molecular weight is 1050 g/mol. The van der Waals surface area contributed by atoms with Gasteiger partial charge in [-0.2, -0.15) is 16.1 Å². The second kappa shape index (κ2) is 28.0. The summed E-state index contributed by atoms with van der Waals surface area (Å²) < 4.78 is 62.6. The van der Waals surface area contributed by atoms with Crippen molar-refractivity contribution in [1.29, 1.82) is 0 Å². The van der Waals surface area contributed by atoms with Crippen molar-refractivity contribution in [2.24, 2.45) is 23.2 Å². The van der Waals surface area contributed by atoms with E-state index in [4.69, 9.17) is 19.5 Å². The van der Waals surface area contributed by atoms with Crippen LogP contribution in [0.3, 0.4) is 0 Å². The Kier molecular flexibility index (Phi) is 24.7. The first-order chi connectivity index (χ1) is 31.7. The number of phosphoric ester groups is 3. The zero-order valence-electron chi connectivity index (χ0n) is 40.0. The van der Waals surface area contributed by atoms with E-state index >= 15 is 0 Å². The summed E-state index contributed by atoms with van der Waals surface area (Å²) in [6.07, 6.45) is 6.92. The number of aromatic nitrogens is 4. The molecule has 27 heteroatoms. The number of allylic oxidation sites excluding steroid dienone is 1. The van der Waals surface area contributed by atoms with Crippen LogP contribution in [-0.2, 0) is 45.9 Å². The lowest BCUT2D eigenvalue weighted by Crippen LogP contribution is -2.46. The van der Waals surface area contributed by atoms with Crippen molar-refractivity contribution in [3.63, 3.8) is 0 Å². The number of imidazole rings is 1. The third kappa shape index (κ3) is 21.5. The monoisotopic (exact) mass is 1050 g/mol. The molecule has 0 aliphatic carbocycles. The van der Waals surface area contributed by atoms with E-state index in [0.717, 1.165) is 47.1 Å². The molecule has 9 atom stereocenters. The van der Waals surface area contributed by atoms with Crippen LogP contribution in [0.5, 0.6) is 0 Å². The molecular formula is C41H74N7O16P3S. The maximum atomic E-state index is 12.8. The molecule has 2 amide bonds. The summed E-state index contributed by atoms with van der Waals surface area (Å²) >= 11 is 1.70. The molecule has 10 N–H and O–H groups in total. The number of nitrogens with two attached hydrogens (primary N) is 1. The summed E-state index contributed by atoms with van der Waals surface area (Å²) in [5, 5.41) is 26.8. The molecule has 1 aliphatic heterocycles. The molecular weight excluding hydrogens is 971 g/mol. The van der Waals surface area contributed by atoms with Gasteiger partial charge in [0.1, 0.15) is 36.3 Å². The summed E-state index contributed by atoms with van der Waals surface area (Å²) in [7, 11) is -16.4. The molecule has 3 heterocycles. The first-order valence-corrected chi connectivity index (χ1v) is 28.5. The number of hydrogen-bond acceptors (Lipinski definition) is 17. The second-order valence-electron chi connectivity index (χ2n) is 18.6. The van der Waals surface area contributed by atoms with Crippen LogP contribution < -0.4 is 16.4 Å². The van der Waals surface area contributed by atoms with Crippen LogP contribution in [0.2, 0.25) is 0 Å². The number of rotatable bonds is 33. The molecule has 68 heavy (non-hydrogen) atoms. The number of phosphoric acid groups is 3. The van der Waals surface area contributed by atoms with E-state index < -0.39 is 78.6 Å². The maximum absolute atomic E-state index is 12.8. The van der Waals surface area contributed by atoms with Gasteiger partial charge in [0.15, 0.2) is 17.7 Å². The third-order valence-corrected chi connectivity index (χ3v) is 15.3. The van der Waals surface area contributed by atoms with Crippen molar-refractivity contribution in [1.82, 2.24) is 30.2 Å². The van der Waals surface area contributed by atoms with Gasteiger partial charge in [-0.25, -0.2) is 28.6 Å². The van der Waals surface area contributed by atoms with Crippen molar-refractivity contribution in [3.05, 3.63) is 24.3 Å². The highest BCUT2D eigenvalue weighted by molar-refractivity contribution is 7.99. The molecule has 0 saturated carbocycles. The van der Waals surface area contributed by atoms with Crippen LogP contribution in [0.1, 0.15) is 119 Å². The maximum Gasteiger partial charge on any atom is 0.481 e. The summed E-state index contributed by atoms with van der Waals surface area (Å²) in [6.45, 7) is 12.4. The van der Waals surface area contributed by atoms with Gasteiger partial charge in [-0.1, -0.05) is 98.1 Å². The van der Waals surface area contributed by atoms with E-state index in [1.807, 2.05) is 0 Å². The van der Waals surface area contributed by atoms with Gasteiger partial charge in [-0.05, 0) is 37.5 Å². The van der Waals surface area contributed by atoms with E-state index in [1.165, 1.54) is 70.8 Å². The van der Waals surface area contributed by atoms with E-state index in [9.17, 15) is 53.1 Å². The molecule has 2 aromatic heterocycles. The number of carbonyl (C=O) groups is 2. The lowest BCUT2D eigenvalue weighted by molar-refractivity contribution is -0.137. The summed E-state index contributed by atoms with van der Waals surface area (Å²) in [5.74, 6) is 2.60. The largest absolute Gasteiger partial charge is 0.481 e. The molecule has 0 bridgehead atoms. The number of hydrogen-bond donors (Lipinski definition) is 9.